The number of nitrogens with one attached hydrogen (secondary N) is 1. The molecule has 0 heterocycles. The Bertz CT molecular complexity index is 185. The van der Waals surface area contributed by atoms with Crippen LogP contribution in [0.4, 0.5) is 0 Å². The van der Waals surface area contributed by atoms with Gasteiger partial charge in [0.15, 0.2) is 0 Å². The van der Waals surface area contributed by atoms with Gasteiger partial charge < -0.3 is 10.1 Å². The maximum absolute atomic E-state index is 10.8. The summed E-state index contributed by atoms with van der Waals surface area (Å²) in [6.45, 7) is 9.12. The zero-order chi connectivity index (χ0) is 10.3. The van der Waals surface area contributed by atoms with Crippen molar-refractivity contribution < 1.29 is 9.53 Å². The number of esters is 1. The minimum absolute atomic E-state index is 0. The summed E-state index contributed by atoms with van der Waals surface area (Å²) in [6, 6.07) is 0. The lowest BCUT2D eigenvalue weighted by atomic mass is 10.1. The summed E-state index contributed by atoms with van der Waals surface area (Å²) in [5.41, 5.74) is 0.0823. The Kier molecular flexibility index (Phi) is 8.89. The number of halogens is 1. The minimum Gasteiger partial charge on any atom is -0.463 e. The van der Waals surface area contributed by atoms with Gasteiger partial charge in [-0.05, 0) is 27.7 Å². The number of carbonyl (C=O) groups is 1. The van der Waals surface area contributed by atoms with Gasteiger partial charge in [0.2, 0.25) is 0 Å². The molecule has 0 atom stereocenters. The maximum Gasteiger partial charge on any atom is 0.330 e. The van der Waals surface area contributed by atoms with Gasteiger partial charge in [0, 0.05) is 18.2 Å². The lowest BCUT2D eigenvalue weighted by Gasteiger charge is -2.18. The second-order valence-electron chi connectivity index (χ2n) is 3.79. The molecule has 0 fully saturated rings. The van der Waals surface area contributed by atoms with Gasteiger partial charge in [-0.2, -0.15) is 0 Å². The number of carbonyl (C=O) groups excluding carboxylic acids is 1. The highest BCUT2D eigenvalue weighted by atomic mass is 35.5. The van der Waals surface area contributed by atoms with E-state index in [1.807, 2.05) is 0 Å². The maximum atomic E-state index is 10.8. The van der Waals surface area contributed by atoms with E-state index in [2.05, 4.69) is 26.1 Å². The molecule has 0 aliphatic rings. The summed E-state index contributed by atoms with van der Waals surface area (Å²) in [6.07, 6.45) is 3.21. The average molecular weight is 222 g/mol. The van der Waals surface area contributed by atoms with Gasteiger partial charge in [0.05, 0.1) is 6.61 Å². The normalized spacial score (nSPS) is 11.1. The highest BCUT2D eigenvalue weighted by Crippen LogP contribution is 1.96. The van der Waals surface area contributed by atoms with Crippen LogP contribution in [-0.2, 0) is 9.53 Å². The van der Waals surface area contributed by atoms with Crippen LogP contribution in [-0.4, -0.2) is 24.7 Å². The van der Waals surface area contributed by atoms with Gasteiger partial charge in [-0.25, -0.2) is 4.79 Å². The van der Waals surface area contributed by atoms with E-state index in [1.165, 1.54) is 6.08 Å². The lowest BCUT2D eigenvalue weighted by molar-refractivity contribution is -0.137. The monoisotopic (exact) mass is 221 g/mol. The number of rotatable bonds is 4. The first kappa shape index (κ1) is 15.9. The molecule has 0 radical (unpaired) electrons. The molecular weight excluding hydrogens is 202 g/mol. The molecule has 0 saturated heterocycles. The van der Waals surface area contributed by atoms with Crippen molar-refractivity contribution in [3.8, 4) is 0 Å². The summed E-state index contributed by atoms with van der Waals surface area (Å²) < 4.78 is 4.72. The van der Waals surface area contributed by atoms with E-state index in [1.54, 1.807) is 13.0 Å². The van der Waals surface area contributed by atoms with Gasteiger partial charge in [-0.1, -0.05) is 6.08 Å². The predicted molar refractivity (Wildman–Crippen MR) is 60.8 cm³/mol. The SMILES string of the molecule is CCOC(=O)/C=C/CNC(C)(C)C.Cl. The molecular formula is C10H20ClNO2. The molecule has 14 heavy (non-hydrogen) atoms. The Hall–Kier alpha value is -0.540. The highest BCUT2D eigenvalue weighted by Gasteiger charge is 2.05. The van der Waals surface area contributed by atoms with Crippen molar-refractivity contribution in [2.24, 2.45) is 0 Å². The van der Waals surface area contributed by atoms with E-state index in [-0.39, 0.29) is 23.9 Å². The molecule has 0 aliphatic carbocycles. The highest BCUT2D eigenvalue weighted by molar-refractivity contribution is 5.85. The van der Waals surface area contributed by atoms with E-state index in [4.69, 9.17) is 4.74 Å². The first-order valence-electron chi connectivity index (χ1n) is 4.54. The Morgan fingerprint density at radius 1 is 1.43 bits per heavy atom. The molecule has 0 spiro atoms. The van der Waals surface area contributed by atoms with Crippen molar-refractivity contribution in [3.05, 3.63) is 12.2 Å². The molecule has 0 bridgehead atoms. The van der Waals surface area contributed by atoms with Crippen molar-refractivity contribution >= 4 is 18.4 Å². The molecule has 0 unspecified atom stereocenters. The summed E-state index contributed by atoms with van der Waals surface area (Å²) in [4.78, 5) is 10.8. The quantitative estimate of drug-likeness (QED) is 0.582. The first-order valence-corrected chi connectivity index (χ1v) is 4.54. The average Bonchev–Trinajstić information content (AvgIpc) is 1.97. The molecule has 1 N–H and O–H groups in total. The molecule has 0 amide bonds. The fraction of sp³-hybridized carbons (Fsp3) is 0.700. The second kappa shape index (κ2) is 7.83. The van der Waals surface area contributed by atoms with E-state index in [0.717, 1.165) is 0 Å². The molecule has 0 saturated carbocycles. The molecule has 0 aromatic rings. The summed E-state index contributed by atoms with van der Waals surface area (Å²) in [5.74, 6) is -0.279. The first-order chi connectivity index (χ1) is 5.95. The van der Waals surface area contributed by atoms with E-state index >= 15 is 0 Å². The lowest BCUT2D eigenvalue weighted by Crippen LogP contribution is -2.35. The molecule has 0 aliphatic heterocycles. The van der Waals surface area contributed by atoms with Crippen LogP contribution in [0.3, 0.4) is 0 Å². The second-order valence-corrected chi connectivity index (χ2v) is 3.79. The van der Waals surface area contributed by atoms with Gasteiger partial charge in [-0.3, -0.25) is 0 Å². The Labute approximate surface area is 92.3 Å². The number of hydrogen-bond acceptors (Lipinski definition) is 3. The van der Waals surface area contributed by atoms with Crippen LogP contribution in [0.25, 0.3) is 0 Å². The van der Waals surface area contributed by atoms with Crippen LogP contribution >= 0.6 is 12.4 Å². The van der Waals surface area contributed by atoms with Gasteiger partial charge >= 0.3 is 5.97 Å². The number of ether oxygens (including phenoxy) is 1. The van der Waals surface area contributed by atoms with Crippen LogP contribution in [0, 0.1) is 0 Å². The van der Waals surface area contributed by atoms with Crippen molar-refractivity contribution in [2.75, 3.05) is 13.2 Å². The smallest absolute Gasteiger partial charge is 0.330 e. The molecule has 0 aromatic carbocycles. The standard InChI is InChI=1S/C10H19NO2.ClH/c1-5-13-9(12)7-6-8-11-10(2,3)4;/h6-7,11H,5,8H2,1-4H3;1H/b7-6+;. The predicted octanol–water partition coefficient (Wildman–Crippen LogP) is 1.92. The molecule has 0 aromatic heterocycles. The molecule has 3 nitrogen and oxygen atoms in total. The van der Waals surface area contributed by atoms with Crippen molar-refractivity contribution in [1.29, 1.82) is 0 Å². The fourth-order valence-corrected chi connectivity index (χ4v) is 0.711. The van der Waals surface area contributed by atoms with E-state index < -0.39 is 0 Å². The van der Waals surface area contributed by atoms with Crippen LogP contribution in [0.15, 0.2) is 12.2 Å². The van der Waals surface area contributed by atoms with Crippen LogP contribution in [0.5, 0.6) is 0 Å². The summed E-state index contributed by atoms with van der Waals surface area (Å²) in [7, 11) is 0. The zero-order valence-corrected chi connectivity index (χ0v) is 10.1. The third-order valence-electron chi connectivity index (χ3n) is 1.29. The molecule has 84 valence electrons. The van der Waals surface area contributed by atoms with Crippen molar-refractivity contribution in [1.82, 2.24) is 5.32 Å². The summed E-state index contributed by atoms with van der Waals surface area (Å²) in [5, 5.41) is 3.22. The Morgan fingerprint density at radius 3 is 2.43 bits per heavy atom. The Morgan fingerprint density at radius 2 is 2.00 bits per heavy atom. The van der Waals surface area contributed by atoms with Gasteiger partial charge in [0.25, 0.3) is 0 Å². The van der Waals surface area contributed by atoms with Gasteiger partial charge in [-0.15, -0.1) is 12.4 Å². The van der Waals surface area contributed by atoms with Crippen molar-refractivity contribution in [2.45, 2.75) is 33.2 Å². The number of hydrogen-bond donors (Lipinski definition) is 1. The van der Waals surface area contributed by atoms with Gasteiger partial charge in [0.1, 0.15) is 0 Å². The van der Waals surface area contributed by atoms with E-state index in [0.29, 0.717) is 13.2 Å². The van der Waals surface area contributed by atoms with Crippen molar-refractivity contribution in [3.63, 3.8) is 0 Å². The minimum atomic E-state index is -0.279. The van der Waals surface area contributed by atoms with Crippen LogP contribution in [0.2, 0.25) is 0 Å². The summed E-state index contributed by atoms with van der Waals surface area (Å²) >= 11 is 0. The zero-order valence-electron chi connectivity index (χ0n) is 9.29. The topological polar surface area (TPSA) is 38.3 Å². The third-order valence-corrected chi connectivity index (χ3v) is 1.29. The fourth-order valence-electron chi connectivity index (χ4n) is 0.711. The third kappa shape index (κ3) is 11.5. The molecule has 0 rings (SSSR count). The largest absolute Gasteiger partial charge is 0.463 e. The van der Waals surface area contributed by atoms with Crippen LogP contribution < -0.4 is 5.32 Å². The van der Waals surface area contributed by atoms with Crippen LogP contribution in [0.1, 0.15) is 27.7 Å². The molecule has 4 heteroatoms. The van der Waals surface area contributed by atoms with E-state index in [9.17, 15) is 4.79 Å². The Balaban J connectivity index is 0.